The van der Waals surface area contributed by atoms with Crippen LogP contribution in [0.1, 0.15) is 39.7 Å². The Morgan fingerprint density at radius 1 is 0.909 bits per heavy atom. The van der Waals surface area contributed by atoms with E-state index in [1.807, 2.05) is 37.3 Å². The van der Waals surface area contributed by atoms with E-state index < -0.39 is 12.0 Å². The molecule has 222 valence electrons. The largest absolute Gasteiger partial charge is 0.492 e. The number of hydrogen-bond donors (Lipinski definition) is 2. The number of para-hydroxylation sites is 2. The van der Waals surface area contributed by atoms with Gasteiger partial charge in [-0.3, -0.25) is 4.79 Å². The van der Waals surface area contributed by atoms with E-state index in [0.717, 1.165) is 11.3 Å². The summed E-state index contributed by atoms with van der Waals surface area (Å²) in [4.78, 5) is 25.3. The smallest absolute Gasteiger partial charge is 0.326 e. The van der Waals surface area contributed by atoms with Gasteiger partial charge in [-0.1, -0.05) is 84.9 Å². The van der Waals surface area contributed by atoms with Crippen LogP contribution < -0.4 is 10.1 Å². The lowest BCUT2D eigenvalue weighted by Gasteiger charge is -2.18. The van der Waals surface area contributed by atoms with Crippen LogP contribution in [-0.4, -0.2) is 34.1 Å². The van der Waals surface area contributed by atoms with Gasteiger partial charge in [0, 0.05) is 45.4 Å². The third-order valence-electron chi connectivity index (χ3n) is 7.40. The molecular weight excluding hydrogens is 548 g/mol. The summed E-state index contributed by atoms with van der Waals surface area (Å²) < 4.78 is 8.34. The van der Waals surface area contributed by atoms with Gasteiger partial charge in [-0.15, -0.1) is 12.8 Å². The maximum atomic E-state index is 13.1. The molecule has 0 amide bonds. The molecule has 0 radical (unpaired) electrons. The van der Waals surface area contributed by atoms with Crippen LogP contribution in [-0.2, 0) is 17.8 Å². The van der Waals surface area contributed by atoms with E-state index in [1.54, 1.807) is 48.5 Å². The first-order valence-electron chi connectivity index (χ1n) is 14.4. The number of allylic oxidation sites excluding steroid dienone is 1. The number of ketones is 1. The first-order chi connectivity index (χ1) is 21.5. The van der Waals surface area contributed by atoms with E-state index in [0.29, 0.717) is 30.0 Å². The van der Waals surface area contributed by atoms with Gasteiger partial charge in [0.15, 0.2) is 5.78 Å². The van der Waals surface area contributed by atoms with Gasteiger partial charge in [0.2, 0.25) is 0 Å². The molecule has 1 heterocycles. The van der Waals surface area contributed by atoms with Crippen LogP contribution in [0.5, 0.6) is 5.75 Å². The molecule has 5 aromatic rings. The molecule has 6 heteroatoms. The number of aliphatic carboxylic acids is 1. The summed E-state index contributed by atoms with van der Waals surface area (Å²) in [5.74, 6) is -0.436. The zero-order chi connectivity index (χ0) is 31.5. The fraction of sp³-hybridized carbons (Fsp3) is 0.158. The minimum absolute atomic E-state index is 0.162. The second kappa shape index (κ2) is 15.1. The van der Waals surface area contributed by atoms with Crippen molar-refractivity contribution in [1.82, 2.24) is 4.57 Å². The SMILES string of the molecule is C#C.C/C=C\c1c(C)n(CCOc2ccc(CC(Nc3ccccc3C(=O)c3ccccc3)C(=O)O)cc2)c2ccccc12. The fourth-order valence-corrected chi connectivity index (χ4v) is 5.27. The van der Waals surface area contributed by atoms with E-state index >= 15 is 0 Å². The quantitative estimate of drug-likeness (QED) is 0.116. The van der Waals surface area contributed by atoms with Crippen molar-refractivity contribution >= 4 is 34.4 Å². The number of aromatic nitrogens is 1. The van der Waals surface area contributed by atoms with Gasteiger partial charge in [0.05, 0.1) is 6.54 Å². The molecule has 0 bridgehead atoms. The molecule has 0 fully saturated rings. The third-order valence-corrected chi connectivity index (χ3v) is 7.40. The lowest BCUT2D eigenvalue weighted by molar-refractivity contribution is -0.137. The zero-order valence-electron chi connectivity index (χ0n) is 24.9. The number of nitrogens with zero attached hydrogens (tertiary/aromatic N) is 1. The number of carboxylic acid groups (broad SMARTS) is 1. The van der Waals surface area contributed by atoms with E-state index in [1.165, 1.54) is 22.2 Å². The van der Waals surface area contributed by atoms with Crippen LogP contribution in [0, 0.1) is 19.8 Å². The third kappa shape index (κ3) is 7.26. The van der Waals surface area contributed by atoms with Crippen molar-refractivity contribution in [1.29, 1.82) is 0 Å². The zero-order valence-corrected chi connectivity index (χ0v) is 24.9. The van der Waals surface area contributed by atoms with Crippen molar-refractivity contribution in [2.24, 2.45) is 0 Å². The summed E-state index contributed by atoms with van der Waals surface area (Å²) in [5.41, 5.74) is 5.93. The predicted octanol–water partition coefficient (Wildman–Crippen LogP) is 7.65. The van der Waals surface area contributed by atoms with Crippen LogP contribution >= 0.6 is 0 Å². The number of carbonyl (C=O) groups is 2. The van der Waals surface area contributed by atoms with Crippen LogP contribution in [0.2, 0.25) is 0 Å². The van der Waals surface area contributed by atoms with Crippen molar-refractivity contribution in [2.45, 2.75) is 32.9 Å². The number of ether oxygens (including phenoxy) is 1. The highest BCUT2D eigenvalue weighted by molar-refractivity contribution is 6.12. The summed E-state index contributed by atoms with van der Waals surface area (Å²) in [6, 6.07) is 30.9. The molecule has 0 saturated carbocycles. The minimum atomic E-state index is -0.996. The maximum Gasteiger partial charge on any atom is 0.326 e. The second-order valence-corrected chi connectivity index (χ2v) is 10.1. The molecule has 0 saturated heterocycles. The first-order valence-corrected chi connectivity index (χ1v) is 14.4. The van der Waals surface area contributed by atoms with Gasteiger partial charge < -0.3 is 19.7 Å². The standard InChI is InChI=1S/C36H34N2O4.C2H2/c1-3-11-29-25(2)38(34-17-10-8-14-30(29)34)22-23-42-28-20-18-26(19-21-28)24-33(36(40)41)37-32-16-9-7-15-31(32)35(39)27-12-5-4-6-13-27;1-2/h3-21,33,37H,22-24H2,1-2H3,(H,40,41);1-2H/b11-3-;. The van der Waals surface area contributed by atoms with Gasteiger partial charge in [-0.05, 0) is 49.7 Å². The lowest BCUT2D eigenvalue weighted by Crippen LogP contribution is -2.32. The molecule has 6 nitrogen and oxygen atoms in total. The lowest BCUT2D eigenvalue weighted by atomic mass is 10.00. The number of carbonyl (C=O) groups excluding carboxylic acids is 1. The van der Waals surface area contributed by atoms with Crippen molar-refractivity contribution in [3.63, 3.8) is 0 Å². The number of rotatable bonds is 12. The van der Waals surface area contributed by atoms with Crippen molar-refractivity contribution in [2.75, 3.05) is 11.9 Å². The summed E-state index contributed by atoms with van der Waals surface area (Å²) >= 11 is 0. The van der Waals surface area contributed by atoms with Crippen LogP contribution in [0.3, 0.4) is 0 Å². The molecule has 0 aliphatic rings. The van der Waals surface area contributed by atoms with Crippen LogP contribution in [0.25, 0.3) is 17.0 Å². The molecular formula is C38H36N2O4. The maximum absolute atomic E-state index is 13.1. The number of carboxylic acids is 1. The number of benzene rings is 4. The highest BCUT2D eigenvalue weighted by Gasteiger charge is 2.21. The molecule has 4 aromatic carbocycles. The molecule has 0 aliphatic carbocycles. The molecule has 2 N–H and O–H groups in total. The Kier molecular flexibility index (Phi) is 10.8. The van der Waals surface area contributed by atoms with E-state index in [9.17, 15) is 14.7 Å². The Balaban J connectivity index is 0.00000216. The van der Waals surface area contributed by atoms with Crippen molar-refractivity contribution < 1.29 is 19.4 Å². The Labute approximate surface area is 258 Å². The molecule has 0 aliphatic heterocycles. The summed E-state index contributed by atoms with van der Waals surface area (Å²) in [6.07, 6.45) is 12.4. The molecule has 1 atom stereocenters. The molecule has 44 heavy (non-hydrogen) atoms. The number of fused-ring (bicyclic) bond motifs is 1. The molecule has 5 rings (SSSR count). The van der Waals surface area contributed by atoms with E-state index in [4.69, 9.17) is 4.74 Å². The normalized spacial score (nSPS) is 11.5. The van der Waals surface area contributed by atoms with E-state index in [-0.39, 0.29) is 12.2 Å². The van der Waals surface area contributed by atoms with Crippen molar-refractivity contribution in [3.05, 3.63) is 137 Å². The Morgan fingerprint density at radius 3 is 2.27 bits per heavy atom. The molecule has 0 spiro atoms. The van der Waals surface area contributed by atoms with Gasteiger partial charge in [0.1, 0.15) is 18.4 Å². The molecule has 1 aromatic heterocycles. The van der Waals surface area contributed by atoms with Gasteiger partial charge >= 0.3 is 5.97 Å². The summed E-state index contributed by atoms with van der Waals surface area (Å²) in [6.45, 7) is 5.36. The van der Waals surface area contributed by atoms with E-state index in [2.05, 4.69) is 66.1 Å². The number of hydrogen-bond acceptors (Lipinski definition) is 4. The minimum Gasteiger partial charge on any atom is -0.492 e. The van der Waals surface area contributed by atoms with Gasteiger partial charge in [-0.2, -0.15) is 0 Å². The second-order valence-electron chi connectivity index (χ2n) is 10.1. The highest BCUT2D eigenvalue weighted by Crippen LogP contribution is 2.27. The summed E-state index contributed by atoms with van der Waals surface area (Å²) in [7, 11) is 0. The number of terminal acetylenes is 1. The number of nitrogens with one attached hydrogen (secondary N) is 1. The average Bonchev–Trinajstić information content (AvgIpc) is 3.33. The Bertz CT molecular complexity index is 1770. The Hall–Kier alpha value is -5.54. The number of anilines is 1. The van der Waals surface area contributed by atoms with Gasteiger partial charge in [0.25, 0.3) is 0 Å². The predicted molar refractivity (Wildman–Crippen MR) is 178 cm³/mol. The molecule has 1 unspecified atom stereocenters. The van der Waals surface area contributed by atoms with Crippen molar-refractivity contribution in [3.8, 4) is 18.6 Å². The topological polar surface area (TPSA) is 80.6 Å². The highest BCUT2D eigenvalue weighted by atomic mass is 16.5. The first kappa shape index (κ1) is 31.4. The monoisotopic (exact) mass is 584 g/mol. The average molecular weight is 585 g/mol. The Morgan fingerprint density at radius 2 is 1.57 bits per heavy atom. The van der Waals surface area contributed by atoms with Gasteiger partial charge in [-0.25, -0.2) is 4.79 Å². The summed E-state index contributed by atoms with van der Waals surface area (Å²) in [5, 5.41) is 14.3. The fourth-order valence-electron chi connectivity index (χ4n) is 5.27. The van der Waals surface area contributed by atoms with Crippen LogP contribution in [0.15, 0.2) is 109 Å². The van der Waals surface area contributed by atoms with Crippen LogP contribution in [0.4, 0.5) is 5.69 Å².